The maximum Gasteiger partial charge on any atom is 0.347 e. The predicted molar refractivity (Wildman–Crippen MR) is 358 cm³/mol. The summed E-state index contributed by atoms with van der Waals surface area (Å²) in [5.74, 6) is -2.04. The van der Waals surface area contributed by atoms with Gasteiger partial charge in [-0.15, -0.1) is 0 Å². The van der Waals surface area contributed by atoms with Crippen LogP contribution in [0.25, 0.3) is 0 Å². The molecule has 8 aromatic rings. The molecule has 0 spiro atoms. The van der Waals surface area contributed by atoms with Crippen LogP contribution in [-0.2, 0) is 42.3 Å². The van der Waals surface area contributed by atoms with E-state index in [-0.39, 0.29) is 89.6 Å². The van der Waals surface area contributed by atoms with Crippen molar-refractivity contribution in [3.8, 4) is 46.0 Å². The molecule has 0 unspecified atom stereocenters. The Hall–Kier alpha value is -7.82. The highest BCUT2D eigenvalue weighted by Gasteiger charge is 2.36. The van der Waals surface area contributed by atoms with Crippen LogP contribution < -0.4 is 37.9 Å². The third kappa shape index (κ3) is 16.7. The minimum absolute atomic E-state index is 0.0289. The van der Waals surface area contributed by atoms with Crippen LogP contribution in [0.3, 0.4) is 0 Å². The van der Waals surface area contributed by atoms with Gasteiger partial charge in [0.25, 0.3) is 0 Å². The lowest BCUT2D eigenvalue weighted by atomic mass is 9.89. The third-order valence-corrected chi connectivity index (χ3v) is 16.2. The number of methoxy groups -OCH3 is 2. The first-order valence-electron chi connectivity index (χ1n) is 29.0. The second kappa shape index (κ2) is 30.7. The van der Waals surface area contributed by atoms with Crippen LogP contribution in [0.15, 0.2) is 127 Å². The summed E-state index contributed by atoms with van der Waals surface area (Å²) in [4.78, 5) is 58.7. The summed E-state index contributed by atoms with van der Waals surface area (Å²) in [5, 5.41) is 0. The second-order valence-electron chi connectivity index (χ2n) is 21.8. The maximum atomic E-state index is 15.8. The van der Waals surface area contributed by atoms with Gasteiger partial charge in [0.1, 0.15) is 108 Å². The van der Waals surface area contributed by atoms with Gasteiger partial charge in [0.2, 0.25) is 7.59 Å². The quantitative estimate of drug-likeness (QED) is 0.0319. The molecule has 8 rings (SSSR count). The molecule has 92 heavy (non-hydrogen) atoms. The number of carbonyl (C=O) groups is 4. The average molecular weight is 1370 g/mol. The van der Waals surface area contributed by atoms with Crippen molar-refractivity contribution in [2.45, 2.75) is 103 Å². The molecule has 0 radical (unpaired) electrons. The van der Waals surface area contributed by atoms with Crippen molar-refractivity contribution in [1.29, 1.82) is 0 Å². The Morgan fingerprint density at radius 1 is 0.348 bits per heavy atom. The molecular weight excluding hydrogens is 1300 g/mol. The summed E-state index contributed by atoms with van der Waals surface area (Å²) in [6, 6.07) is 39.8. The van der Waals surface area contributed by atoms with E-state index in [1.807, 2.05) is 121 Å². The van der Waals surface area contributed by atoms with E-state index in [0.29, 0.717) is 72.7 Å². The summed E-state index contributed by atoms with van der Waals surface area (Å²) >= 11 is 35.8. The monoisotopic (exact) mass is 1370 g/mol. The Bertz CT molecular complexity index is 4020. The first kappa shape index (κ1) is 70.1. The zero-order chi connectivity index (χ0) is 66.8. The molecule has 14 nitrogen and oxygen atoms in total. The van der Waals surface area contributed by atoms with Gasteiger partial charge in [-0.05, 0) is 124 Å². The smallest absolute Gasteiger partial charge is 0.347 e. The second-order valence-corrected chi connectivity index (χ2v) is 26.8. The van der Waals surface area contributed by atoms with E-state index in [1.165, 1.54) is 14.2 Å². The lowest BCUT2D eigenvalue weighted by Crippen LogP contribution is -2.21. The number of carbonyl (C=O) groups excluding carboxylic acids is 4. The molecule has 0 aliphatic heterocycles. The zero-order valence-electron chi connectivity index (χ0n) is 52.6. The Kier molecular flexibility index (Phi) is 23.4. The van der Waals surface area contributed by atoms with Gasteiger partial charge < -0.3 is 47.4 Å². The molecule has 8 aromatic carbocycles. The number of esters is 4. The minimum Gasteiger partial charge on any atom is -0.495 e. The van der Waals surface area contributed by atoms with Gasteiger partial charge >= 0.3 is 23.9 Å². The molecule has 0 fully saturated rings. The lowest BCUT2D eigenvalue weighted by Gasteiger charge is -2.26. The van der Waals surface area contributed by atoms with E-state index in [2.05, 4.69) is 0 Å². The van der Waals surface area contributed by atoms with Crippen LogP contribution in [-0.4, -0.2) is 58.9 Å². The van der Waals surface area contributed by atoms with E-state index >= 15 is 9.59 Å². The third-order valence-electron chi connectivity index (χ3n) is 15.5. The highest BCUT2D eigenvalue weighted by atomic mass is 35.6. The number of ether oxygens (including phenoxy) is 10. The highest BCUT2D eigenvalue weighted by Crippen LogP contribution is 2.48. The molecule has 0 saturated heterocycles. The van der Waals surface area contributed by atoms with Crippen LogP contribution in [0.5, 0.6) is 46.0 Å². The minimum atomic E-state index is -1.90. The van der Waals surface area contributed by atoms with Crippen molar-refractivity contribution >= 4 is 93.5 Å². The lowest BCUT2D eigenvalue weighted by molar-refractivity contribution is 0.0497. The molecule has 0 N–H and O–H groups in total. The SMILES string of the molecule is COc1c(C)c(OC(=O)c2c(C)cc(OCc3ccccc3)c(Cc3c(C)c(C(=O)Oc4c(C)c(C)c(C(=O)OCC(Cl)(Cl)Cl)c(OC)c4C)c(OCc4ccccc4)c(C)c3OCc3ccccc3)c2OCc2ccccc2)c(C)c(C)c1C(=O)OCC(Cl)(Cl)Cl. The fraction of sp³-hybridized carbons (Fsp3) is 0.278. The first-order chi connectivity index (χ1) is 43.7. The molecule has 0 atom stereocenters. The number of alkyl halides is 6. The number of hydrogen-bond donors (Lipinski definition) is 0. The summed E-state index contributed by atoms with van der Waals surface area (Å²) < 4.78 is 59.4. The number of rotatable bonds is 24. The van der Waals surface area contributed by atoms with E-state index in [9.17, 15) is 9.59 Å². The number of benzene rings is 8. The van der Waals surface area contributed by atoms with Gasteiger partial charge in [-0.2, -0.15) is 0 Å². The van der Waals surface area contributed by atoms with Crippen LogP contribution in [0.1, 0.15) is 125 Å². The van der Waals surface area contributed by atoms with Gasteiger partial charge in [0, 0.05) is 34.2 Å². The van der Waals surface area contributed by atoms with Crippen molar-refractivity contribution in [3.05, 3.63) is 233 Å². The fourth-order valence-corrected chi connectivity index (χ4v) is 11.0. The van der Waals surface area contributed by atoms with Crippen LogP contribution in [0, 0.1) is 62.3 Å². The van der Waals surface area contributed by atoms with Crippen molar-refractivity contribution in [1.82, 2.24) is 0 Å². The fourth-order valence-electron chi connectivity index (χ4n) is 10.7. The van der Waals surface area contributed by atoms with Crippen molar-refractivity contribution in [3.63, 3.8) is 0 Å². The normalized spacial score (nSPS) is 11.4. The van der Waals surface area contributed by atoms with E-state index < -0.39 is 44.7 Å². The average Bonchev–Trinajstić information content (AvgIpc) is 0.781. The van der Waals surface area contributed by atoms with Crippen LogP contribution in [0.4, 0.5) is 0 Å². The molecule has 0 aromatic heterocycles. The van der Waals surface area contributed by atoms with E-state index in [0.717, 1.165) is 22.3 Å². The maximum absolute atomic E-state index is 15.8. The summed E-state index contributed by atoms with van der Waals surface area (Å²) in [6.45, 7) is 14.4. The molecule has 482 valence electrons. The Morgan fingerprint density at radius 3 is 1.07 bits per heavy atom. The standard InChI is InChI=1S/C72H68Cl6O14/c1-40-32-55(85-34-49-24-16-12-17-25-49)54(66(88-37-52-30-22-15-23-31-52)56(40)69(81)91-60-43(4)41(2)57(63(83-10)46(60)7)67(79)89-38-71(73,74)75)33-53-45(6)59(65(87-36-51-28-20-14-21-29-51)48(9)62(53)86-35-50-26-18-13-19-27-50)70(82)92-61-44(5)42(3)58(64(84-11)47(61)8)68(80)90-39-72(76,77)78/h12-32H,33-39H2,1-11H3. The first-order valence-corrected chi connectivity index (χ1v) is 31.3. The number of aryl methyl sites for hydroxylation is 1. The molecule has 20 heteroatoms. The Morgan fingerprint density at radius 2 is 0.685 bits per heavy atom. The van der Waals surface area contributed by atoms with E-state index in [4.69, 9.17) is 117 Å². The zero-order valence-corrected chi connectivity index (χ0v) is 57.1. The Labute approximate surface area is 565 Å². The number of halogens is 6. The van der Waals surface area contributed by atoms with Gasteiger partial charge in [-0.3, -0.25) is 0 Å². The molecule has 0 saturated carbocycles. The highest BCUT2D eigenvalue weighted by molar-refractivity contribution is 6.68. The van der Waals surface area contributed by atoms with Gasteiger partial charge in [-0.1, -0.05) is 191 Å². The summed E-state index contributed by atoms with van der Waals surface area (Å²) in [5.41, 5.74) is 7.63. The summed E-state index contributed by atoms with van der Waals surface area (Å²) in [6.07, 6.45) is -0.114. The topological polar surface area (TPSA) is 161 Å². The van der Waals surface area contributed by atoms with Crippen LogP contribution >= 0.6 is 69.6 Å². The summed E-state index contributed by atoms with van der Waals surface area (Å²) in [7, 11) is 2.75. The molecule has 0 aliphatic rings. The van der Waals surface area contributed by atoms with Gasteiger partial charge in [0.05, 0.1) is 14.2 Å². The van der Waals surface area contributed by atoms with Crippen LogP contribution in [0.2, 0.25) is 0 Å². The molecule has 0 heterocycles. The van der Waals surface area contributed by atoms with Gasteiger partial charge in [0.15, 0.2) is 0 Å². The molecular formula is C72H68Cl6O14. The molecule has 0 aliphatic carbocycles. The Balaban J connectivity index is 1.38. The van der Waals surface area contributed by atoms with Crippen molar-refractivity contribution < 1.29 is 66.5 Å². The van der Waals surface area contributed by atoms with Gasteiger partial charge in [-0.25, -0.2) is 19.2 Å². The van der Waals surface area contributed by atoms with Crippen molar-refractivity contribution in [2.24, 2.45) is 0 Å². The largest absolute Gasteiger partial charge is 0.495 e. The van der Waals surface area contributed by atoms with E-state index in [1.54, 1.807) is 68.4 Å². The molecule has 0 bridgehead atoms. The number of hydrogen-bond acceptors (Lipinski definition) is 14. The van der Waals surface area contributed by atoms with Crippen molar-refractivity contribution in [2.75, 3.05) is 27.4 Å². The molecule has 0 amide bonds. The predicted octanol–water partition coefficient (Wildman–Crippen LogP) is 17.9.